The van der Waals surface area contributed by atoms with Crippen LogP contribution in [0.5, 0.6) is 5.75 Å². The molecule has 0 fully saturated rings. The molecule has 0 aliphatic carbocycles. The van der Waals surface area contributed by atoms with E-state index in [-0.39, 0.29) is 11.5 Å². The minimum absolute atomic E-state index is 0.0343. The lowest BCUT2D eigenvalue weighted by atomic mass is 10.1. The molecule has 1 aromatic carbocycles. The molecule has 0 aliphatic rings. The minimum Gasteiger partial charge on any atom is -0.482 e. The summed E-state index contributed by atoms with van der Waals surface area (Å²) in [6.07, 6.45) is 0. The molecule has 1 rings (SSSR count). The largest absolute Gasteiger partial charge is 0.482 e. The molecule has 0 bridgehead atoms. The third-order valence-corrected chi connectivity index (χ3v) is 3.77. The van der Waals surface area contributed by atoms with E-state index in [1.165, 1.54) is 19.2 Å². The van der Waals surface area contributed by atoms with E-state index in [4.69, 9.17) is 15.4 Å². The molecule has 5 nitrogen and oxygen atoms in total. The Morgan fingerprint density at radius 1 is 1.28 bits per heavy atom. The molecule has 100 valence electrons. The first-order chi connectivity index (χ1) is 8.25. The highest BCUT2D eigenvalue weighted by Crippen LogP contribution is 2.27. The first-order valence-electron chi connectivity index (χ1n) is 5.01. The van der Waals surface area contributed by atoms with Crippen molar-refractivity contribution in [2.45, 2.75) is 18.7 Å². The van der Waals surface area contributed by atoms with Gasteiger partial charge in [0.15, 0.2) is 6.61 Å². The van der Waals surface area contributed by atoms with Crippen molar-refractivity contribution in [3.63, 3.8) is 0 Å². The number of methoxy groups -OCH3 is 1. The van der Waals surface area contributed by atoms with Gasteiger partial charge in [0.1, 0.15) is 5.75 Å². The molecule has 0 saturated heterocycles. The Morgan fingerprint density at radius 3 is 2.39 bits per heavy atom. The summed E-state index contributed by atoms with van der Waals surface area (Å²) in [4.78, 5) is 11.0. The van der Waals surface area contributed by atoms with Crippen molar-refractivity contribution in [1.29, 1.82) is 0 Å². The van der Waals surface area contributed by atoms with Crippen LogP contribution in [0.3, 0.4) is 0 Å². The number of carbonyl (C=O) groups excluding carboxylic acids is 1. The molecular formula is C11H13ClO5S. The molecular weight excluding hydrogens is 280 g/mol. The van der Waals surface area contributed by atoms with E-state index in [0.717, 1.165) is 0 Å². The molecule has 0 heterocycles. The lowest BCUT2D eigenvalue weighted by Crippen LogP contribution is -2.13. The predicted molar refractivity (Wildman–Crippen MR) is 66.5 cm³/mol. The second-order valence-corrected chi connectivity index (χ2v) is 6.22. The first-order valence-corrected chi connectivity index (χ1v) is 7.32. The van der Waals surface area contributed by atoms with Gasteiger partial charge in [0.25, 0.3) is 9.05 Å². The smallest absolute Gasteiger partial charge is 0.343 e. The molecule has 0 amide bonds. The van der Waals surface area contributed by atoms with Crippen LogP contribution < -0.4 is 4.74 Å². The SMILES string of the molecule is COC(=O)COc1cc(C)c(S(=O)(=O)Cl)cc1C. The number of hydrogen-bond acceptors (Lipinski definition) is 5. The van der Waals surface area contributed by atoms with Gasteiger partial charge in [0, 0.05) is 10.7 Å². The van der Waals surface area contributed by atoms with E-state index in [0.29, 0.717) is 16.9 Å². The van der Waals surface area contributed by atoms with Gasteiger partial charge in [-0.15, -0.1) is 0 Å². The summed E-state index contributed by atoms with van der Waals surface area (Å²) >= 11 is 0. The molecule has 0 aromatic heterocycles. The highest BCUT2D eigenvalue weighted by Gasteiger charge is 2.16. The third kappa shape index (κ3) is 3.61. The fraction of sp³-hybridized carbons (Fsp3) is 0.364. The molecule has 0 atom stereocenters. The Bertz CT molecular complexity index is 565. The Hall–Kier alpha value is -1.27. The van der Waals surface area contributed by atoms with Gasteiger partial charge in [0.05, 0.1) is 12.0 Å². The quantitative estimate of drug-likeness (QED) is 0.625. The van der Waals surface area contributed by atoms with E-state index >= 15 is 0 Å². The van der Waals surface area contributed by atoms with Crippen LogP contribution in [0.2, 0.25) is 0 Å². The number of benzene rings is 1. The van der Waals surface area contributed by atoms with Gasteiger partial charge in [-0.05, 0) is 37.1 Å². The average Bonchev–Trinajstić information content (AvgIpc) is 2.27. The minimum atomic E-state index is -3.78. The van der Waals surface area contributed by atoms with Gasteiger partial charge in [-0.3, -0.25) is 0 Å². The molecule has 0 saturated carbocycles. The molecule has 0 radical (unpaired) electrons. The summed E-state index contributed by atoms with van der Waals surface area (Å²) in [5.74, 6) is -0.0944. The van der Waals surface area contributed by atoms with E-state index in [1.54, 1.807) is 13.8 Å². The number of ether oxygens (including phenoxy) is 2. The van der Waals surface area contributed by atoms with Crippen molar-refractivity contribution in [3.05, 3.63) is 23.3 Å². The van der Waals surface area contributed by atoms with Crippen LogP contribution in [-0.4, -0.2) is 28.1 Å². The topological polar surface area (TPSA) is 69.7 Å². The number of carbonyl (C=O) groups is 1. The van der Waals surface area contributed by atoms with Crippen molar-refractivity contribution in [2.75, 3.05) is 13.7 Å². The summed E-state index contributed by atoms with van der Waals surface area (Å²) in [6.45, 7) is 3.03. The molecule has 0 N–H and O–H groups in total. The molecule has 7 heteroatoms. The molecule has 0 spiro atoms. The van der Waals surface area contributed by atoms with Gasteiger partial charge >= 0.3 is 5.97 Å². The van der Waals surface area contributed by atoms with E-state index in [1.807, 2.05) is 0 Å². The summed E-state index contributed by atoms with van der Waals surface area (Å²) in [5, 5.41) is 0. The van der Waals surface area contributed by atoms with Crippen LogP contribution in [0.15, 0.2) is 17.0 Å². The fourth-order valence-corrected chi connectivity index (χ4v) is 2.64. The van der Waals surface area contributed by atoms with Crippen LogP contribution in [0.1, 0.15) is 11.1 Å². The maximum Gasteiger partial charge on any atom is 0.343 e. The summed E-state index contributed by atoms with van der Waals surface area (Å²) < 4.78 is 32.2. The van der Waals surface area contributed by atoms with Gasteiger partial charge in [-0.25, -0.2) is 13.2 Å². The molecule has 18 heavy (non-hydrogen) atoms. The molecule has 0 unspecified atom stereocenters. The lowest BCUT2D eigenvalue weighted by Gasteiger charge is -2.11. The van der Waals surface area contributed by atoms with Crippen molar-refractivity contribution in [1.82, 2.24) is 0 Å². The number of halogens is 1. The van der Waals surface area contributed by atoms with Gasteiger partial charge < -0.3 is 9.47 Å². The highest BCUT2D eigenvalue weighted by molar-refractivity contribution is 8.13. The van der Waals surface area contributed by atoms with Gasteiger partial charge in [-0.1, -0.05) is 0 Å². The monoisotopic (exact) mass is 292 g/mol. The van der Waals surface area contributed by atoms with Crippen LogP contribution >= 0.6 is 10.7 Å². The second kappa shape index (κ2) is 5.58. The van der Waals surface area contributed by atoms with Crippen LogP contribution in [-0.2, 0) is 18.6 Å². The van der Waals surface area contributed by atoms with E-state index in [2.05, 4.69) is 4.74 Å². The van der Waals surface area contributed by atoms with E-state index in [9.17, 15) is 13.2 Å². The highest BCUT2D eigenvalue weighted by atomic mass is 35.7. The van der Waals surface area contributed by atoms with Crippen molar-refractivity contribution < 1.29 is 22.7 Å². The lowest BCUT2D eigenvalue weighted by molar-refractivity contribution is -0.142. The maximum absolute atomic E-state index is 11.3. The average molecular weight is 293 g/mol. The Kier molecular flexibility index (Phi) is 4.59. The Balaban J connectivity index is 3.05. The molecule has 1 aromatic rings. The zero-order valence-electron chi connectivity index (χ0n) is 10.2. The molecule has 0 aliphatic heterocycles. The normalized spacial score (nSPS) is 11.1. The van der Waals surface area contributed by atoms with Crippen LogP contribution in [0.4, 0.5) is 0 Å². The number of esters is 1. The summed E-state index contributed by atoms with van der Waals surface area (Å²) in [5.41, 5.74) is 1.03. The van der Waals surface area contributed by atoms with Crippen LogP contribution in [0.25, 0.3) is 0 Å². The number of rotatable bonds is 4. The van der Waals surface area contributed by atoms with Crippen molar-refractivity contribution in [2.24, 2.45) is 0 Å². The predicted octanol–water partition coefficient (Wildman–Crippen LogP) is 1.78. The standard InChI is InChI=1S/C11H13ClO5S/c1-7-5-10(18(12,14)15)8(2)4-9(7)17-6-11(13)16-3/h4-5H,6H2,1-3H3. The number of aryl methyl sites for hydroxylation is 2. The van der Waals surface area contributed by atoms with Crippen molar-refractivity contribution in [3.8, 4) is 5.75 Å². The Morgan fingerprint density at radius 2 is 1.89 bits per heavy atom. The Labute approximate surface area is 110 Å². The number of hydrogen-bond donors (Lipinski definition) is 0. The second-order valence-electron chi connectivity index (χ2n) is 3.69. The summed E-state index contributed by atoms with van der Waals surface area (Å²) in [7, 11) is 2.77. The van der Waals surface area contributed by atoms with Gasteiger partial charge in [0.2, 0.25) is 0 Å². The van der Waals surface area contributed by atoms with E-state index < -0.39 is 15.0 Å². The van der Waals surface area contributed by atoms with Crippen molar-refractivity contribution >= 4 is 25.7 Å². The maximum atomic E-state index is 11.3. The van der Waals surface area contributed by atoms with Gasteiger partial charge in [-0.2, -0.15) is 0 Å². The summed E-state index contributed by atoms with van der Waals surface area (Å²) in [6, 6.07) is 2.93. The van der Waals surface area contributed by atoms with Crippen LogP contribution in [0, 0.1) is 13.8 Å². The zero-order chi connectivity index (χ0) is 13.9. The third-order valence-electron chi connectivity index (χ3n) is 2.31. The first kappa shape index (κ1) is 14.8. The fourth-order valence-electron chi connectivity index (χ4n) is 1.38. The zero-order valence-corrected chi connectivity index (χ0v) is 11.8.